The van der Waals surface area contributed by atoms with E-state index in [1.807, 2.05) is 0 Å². The number of hydrogen-bond acceptors (Lipinski definition) is 0. The van der Waals surface area contributed by atoms with E-state index in [4.69, 9.17) is 0 Å². The van der Waals surface area contributed by atoms with Crippen LogP contribution in [0.1, 0.15) is 67.2 Å². The summed E-state index contributed by atoms with van der Waals surface area (Å²) in [5.74, 6) is 5.72. The molecule has 0 heteroatoms. The van der Waals surface area contributed by atoms with E-state index in [9.17, 15) is 0 Å². The van der Waals surface area contributed by atoms with Crippen LogP contribution in [-0.4, -0.2) is 0 Å². The predicted molar refractivity (Wildman–Crippen MR) is 73.5 cm³/mol. The van der Waals surface area contributed by atoms with Crippen LogP contribution in [0.5, 0.6) is 0 Å². The molecule has 0 bridgehead atoms. The van der Waals surface area contributed by atoms with Crippen molar-refractivity contribution in [2.75, 3.05) is 0 Å². The molecule has 4 unspecified atom stereocenters. The maximum Gasteiger partial charge on any atom is -0.0383 e. The third-order valence-corrected chi connectivity index (χ3v) is 4.79. The summed E-state index contributed by atoms with van der Waals surface area (Å²) in [6, 6.07) is 0. The monoisotopic (exact) mass is 224 g/mol. The standard InChI is InChI=1S/C16H32/c1-11(2)7-8-15(14(6)12(3)4)10-16-9-13(16)5/h11-16H,7-10H2,1-6H3. The van der Waals surface area contributed by atoms with Crippen molar-refractivity contribution < 1.29 is 0 Å². The van der Waals surface area contributed by atoms with E-state index in [1.54, 1.807) is 0 Å². The topological polar surface area (TPSA) is 0 Å². The fourth-order valence-electron chi connectivity index (χ4n) is 2.80. The number of rotatable bonds is 7. The average molecular weight is 224 g/mol. The molecule has 1 rings (SSSR count). The largest absolute Gasteiger partial charge is 0.0628 e. The lowest BCUT2D eigenvalue weighted by atomic mass is 9.78. The zero-order valence-electron chi connectivity index (χ0n) is 12.3. The molecule has 0 aromatic rings. The van der Waals surface area contributed by atoms with Gasteiger partial charge in [-0.3, -0.25) is 0 Å². The van der Waals surface area contributed by atoms with E-state index < -0.39 is 0 Å². The summed E-state index contributed by atoms with van der Waals surface area (Å²) < 4.78 is 0. The van der Waals surface area contributed by atoms with Gasteiger partial charge in [0.15, 0.2) is 0 Å². The average Bonchev–Trinajstić information content (AvgIpc) is 2.87. The van der Waals surface area contributed by atoms with Gasteiger partial charge in [0.05, 0.1) is 0 Å². The maximum absolute atomic E-state index is 2.47. The summed E-state index contributed by atoms with van der Waals surface area (Å²) in [6.07, 6.45) is 5.89. The Kier molecular flexibility index (Phi) is 5.34. The maximum atomic E-state index is 2.47. The van der Waals surface area contributed by atoms with Crippen molar-refractivity contribution in [3.63, 3.8) is 0 Å². The molecular weight excluding hydrogens is 192 g/mol. The lowest BCUT2D eigenvalue weighted by molar-refractivity contribution is 0.225. The highest BCUT2D eigenvalue weighted by Gasteiger charge is 2.35. The SMILES string of the molecule is CC(C)CCC(CC1CC1C)C(C)C(C)C. The first-order valence-corrected chi connectivity index (χ1v) is 7.41. The summed E-state index contributed by atoms with van der Waals surface area (Å²) in [7, 11) is 0. The Bertz CT molecular complexity index is 192. The second kappa shape index (κ2) is 6.07. The van der Waals surface area contributed by atoms with E-state index >= 15 is 0 Å². The van der Waals surface area contributed by atoms with Crippen molar-refractivity contribution in [2.24, 2.45) is 35.5 Å². The summed E-state index contributed by atoms with van der Waals surface area (Å²) in [6.45, 7) is 14.4. The van der Waals surface area contributed by atoms with Gasteiger partial charge in [0.25, 0.3) is 0 Å². The minimum absolute atomic E-state index is 0.853. The van der Waals surface area contributed by atoms with Crippen LogP contribution in [0.2, 0.25) is 0 Å². The van der Waals surface area contributed by atoms with E-state index in [-0.39, 0.29) is 0 Å². The number of hydrogen-bond donors (Lipinski definition) is 0. The molecule has 0 aromatic heterocycles. The van der Waals surface area contributed by atoms with Crippen LogP contribution < -0.4 is 0 Å². The van der Waals surface area contributed by atoms with Crippen molar-refractivity contribution in [2.45, 2.75) is 67.2 Å². The molecule has 0 N–H and O–H groups in total. The summed E-state index contributed by atoms with van der Waals surface area (Å²) in [5, 5.41) is 0. The quantitative estimate of drug-likeness (QED) is 0.545. The molecule has 0 spiro atoms. The highest BCUT2D eigenvalue weighted by Crippen LogP contribution is 2.45. The third kappa shape index (κ3) is 4.47. The fourth-order valence-corrected chi connectivity index (χ4v) is 2.80. The van der Waals surface area contributed by atoms with E-state index in [0.29, 0.717) is 0 Å². The Morgan fingerprint density at radius 3 is 1.94 bits per heavy atom. The van der Waals surface area contributed by atoms with Gasteiger partial charge in [-0.05, 0) is 54.8 Å². The second-order valence-corrected chi connectivity index (χ2v) is 7.04. The lowest BCUT2D eigenvalue weighted by Gasteiger charge is -2.28. The molecule has 1 fully saturated rings. The van der Waals surface area contributed by atoms with E-state index in [0.717, 1.165) is 35.5 Å². The van der Waals surface area contributed by atoms with Gasteiger partial charge in [0, 0.05) is 0 Å². The molecule has 0 saturated heterocycles. The van der Waals surface area contributed by atoms with Gasteiger partial charge in [-0.2, -0.15) is 0 Å². The van der Waals surface area contributed by atoms with Crippen LogP contribution in [0.3, 0.4) is 0 Å². The molecule has 0 radical (unpaired) electrons. The molecule has 4 atom stereocenters. The zero-order valence-corrected chi connectivity index (χ0v) is 12.3. The minimum Gasteiger partial charge on any atom is -0.0628 e. The first kappa shape index (κ1) is 14.1. The van der Waals surface area contributed by atoms with Gasteiger partial charge in [-0.1, -0.05) is 48.0 Å². The Labute approximate surface area is 103 Å². The summed E-state index contributed by atoms with van der Waals surface area (Å²) in [5.41, 5.74) is 0. The van der Waals surface area contributed by atoms with Gasteiger partial charge in [0.1, 0.15) is 0 Å². The highest BCUT2D eigenvalue weighted by atomic mass is 14.4. The van der Waals surface area contributed by atoms with Crippen molar-refractivity contribution in [1.29, 1.82) is 0 Å². The van der Waals surface area contributed by atoms with Gasteiger partial charge in [-0.25, -0.2) is 0 Å². The molecule has 1 saturated carbocycles. The van der Waals surface area contributed by atoms with Gasteiger partial charge >= 0.3 is 0 Å². The molecular formula is C16H32. The van der Waals surface area contributed by atoms with Gasteiger partial charge in [0.2, 0.25) is 0 Å². The third-order valence-electron chi connectivity index (χ3n) is 4.79. The van der Waals surface area contributed by atoms with Gasteiger partial charge in [-0.15, -0.1) is 0 Å². The normalized spacial score (nSPS) is 28.5. The highest BCUT2D eigenvalue weighted by molar-refractivity contribution is 4.86. The zero-order chi connectivity index (χ0) is 12.3. The molecule has 96 valence electrons. The molecule has 0 heterocycles. The van der Waals surface area contributed by atoms with Crippen LogP contribution in [0.25, 0.3) is 0 Å². The smallest absolute Gasteiger partial charge is 0.0383 e. The molecule has 0 nitrogen and oxygen atoms in total. The minimum atomic E-state index is 0.853. The molecule has 0 aliphatic heterocycles. The van der Waals surface area contributed by atoms with Crippen LogP contribution >= 0.6 is 0 Å². The van der Waals surface area contributed by atoms with Crippen molar-refractivity contribution in [1.82, 2.24) is 0 Å². The summed E-state index contributed by atoms with van der Waals surface area (Å²) >= 11 is 0. The van der Waals surface area contributed by atoms with Crippen LogP contribution in [0.4, 0.5) is 0 Å². The Morgan fingerprint density at radius 2 is 1.56 bits per heavy atom. The Balaban J connectivity index is 2.40. The Morgan fingerprint density at radius 1 is 1.00 bits per heavy atom. The first-order valence-electron chi connectivity index (χ1n) is 7.41. The summed E-state index contributed by atoms with van der Waals surface area (Å²) in [4.78, 5) is 0. The molecule has 0 amide bonds. The fraction of sp³-hybridized carbons (Fsp3) is 1.00. The van der Waals surface area contributed by atoms with Crippen molar-refractivity contribution >= 4 is 0 Å². The molecule has 0 aromatic carbocycles. The van der Waals surface area contributed by atoms with Crippen LogP contribution in [-0.2, 0) is 0 Å². The predicted octanol–water partition coefficient (Wildman–Crippen LogP) is 5.38. The second-order valence-electron chi connectivity index (χ2n) is 7.04. The van der Waals surface area contributed by atoms with Crippen LogP contribution in [0.15, 0.2) is 0 Å². The van der Waals surface area contributed by atoms with Crippen molar-refractivity contribution in [3.8, 4) is 0 Å². The molecule has 1 aliphatic carbocycles. The van der Waals surface area contributed by atoms with E-state index in [1.165, 1.54) is 25.7 Å². The Hall–Kier alpha value is 0. The van der Waals surface area contributed by atoms with Gasteiger partial charge < -0.3 is 0 Å². The molecule has 16 heavy (non-hydrogen) atoms. The van der Waals surface area contributed by atoms with Crippen molar-refractivity contribution in [3.05, 3.63) is 0 Å². The lowest BCUT2D eigenvalue weighted by Crippen LogP contribution is -2.18. The molecule has 1 aliphatic rings. The van der Waals surface area contributed by atoms with E-state index in [2.05, 4.69) is 41.5 Å². The van der Waals surface area contributed by atoms with Crippen LogP contribution in [0, 0.1) is 35.5 Å². The first-order chi connectivity index (χ1) is 7.41.